The van der Waals surface area contributed by atoms with E-state index in [1.807, 2.05) is 34.9 Å². The van der Waals surface area contributed by atoms with Gasteiger partial charge in [0.05, 0.1) is 12.8 Å². The van der Waals surface area contributed by atoms with Crippen LogP contribution in [0.15, 0.2) is 47.2 Å². The van der Waals surface area contributed by atoms with E-state index in [1.54, 1.807) is 19.5 Å². The van der Waals surface area contributed by atoms with Gasteiger partial charge in [-0.25, -0.2) is 0 Å². The Balaban J connectivity index is 2.27. The molecule has 21 heavy (non-hydrogen) atoms. The quantitative estimate of drug-likeness (QED) is 0.720. The van der Waals surface area contributed by atoms with Crippen molar-refractivity contribution in [3.63, 3.8) is 0 Å². The molecule has 0 aliphatic rings. The van der Waals surface area contributed by atoms with Crippen molar-refractivity contribution in [2.24, 2.45) is 0 Å². The molecule has 1 aromatic carbocycles. The fourth-order valence-corrected chi connectivity index (χ4v) is 2.63. The summed E-state index contributed by atoms with van der Waals surface area (Å²) in [4.78, 5) is 4.02. The molecule has 2 heterocycles. The van der Waals surface area contributed by atoms with Gasteiger partial charge in [-0.3, -0.25) is 14.6 Å². The largest absolute Gasteiger partial charge is 0.495 e. The third-order valence-electron chi connectivity index (χ3n) is 2.99. The van der Waals surface area contributed by atoms with Gasteiger partial charge in [0, 0.05) is 22.4 Å². The lowest BCUT2D eigenvalue weighted by Gasteiger charge is -2.12. The number of hydrogen-bond donors (Lipinski definition) is 1. The molecule has 0 atom stereocenters. The van der Waals surface area contributed by atoms with Crippen LogP contribution in [0, 0.1) is 4.77 Å². The number of ether oxygens (including phenoxy) is 1. The maximum absolute atomic E-state index is 5.43. The Hall–Kier alpha value is -1.99. The van der Waals surface area contributed by atoms with Crippen LogP contribution in [0.4, 0.5) is 0 Å². The van der Waals surface area contributed by atoms with Gasteiger partial charge >= 0.3 is 0 Å². The highest BCUT2D eigenvalue weighted by Gasteiger charge is 2.14. The van der Waals surface area contributed by atoms with Gasteiger partial charge in [0.25, 0.3) is 0 Å². The first-order chi connectivity index (χ1) is 10.2. The highest BCUT2D eigenvalue weighted by Crippen LogP contribution is 2.30. The molecule has 2 aromatic heterocycles. The van der Waals surface area contributed by atoms with Crippen molar-refractivity contribution >= 4 is 28.1 Å². The third-order valence-corrected chi connectivity index (χ3v) is 3.76. The Kier molecular flexibility index (Phi) is 3.85. The van der Waals surface area contributed by atoms with Crippen LogP contribution in [-0.2, 0) is 0 Å². The molecule has 0 aliphatic carbocycles. The van der Waals surface area contributed by atoms with Gasteiger partial charge in [0.15, 0.2) is 10.6 Å². The van der Waals surface area contributed by atoms with E-state index in [0.717, 1.165) is 15.7 Å². The fraction of sp³-hybridized carbons (Fsp3) is 0.0714. The molecule has 3 aromatic rings. The fourth-order valence-electron chi connectivity index (χ4n) is 2.05. The Morgan fingerprint density at radius 2 is 2.00 bits per heavy atom. The number of nitrogens with one attached hydrogen (secondary N) is 1. The lowest BCUT2D eigenvalue weighted by Crippen LogP contribution is -2.01. The molecule has 0 saturated heterocycles. The molecule has 0 spiro atoms. The Morgan fingerprint density at radius 1 is 1.24 bits per heavy atom. The molecule has 106 valence electrons. The van der Waals surface area contributed by atoms with E-state index < -0.39 is 0 Å². The van der Waals surface area contributed by atoms with Crippen LogP contribution in [0.1, 0.15) is 0 Å². The molecular formula is C14H11BrN4OS. The summed E-state index contributed by atoms with van der Waals surface area (Å²) in [6, 6.07) is 9.50. The van der Waals surface area contributed by atoms with Crippen LogP contribution in [0.2, 0.25) is 0 Å². The van der Waals surface area contributed by atoms with Crippen LogP contribution >= 0.6 is 28.1 Å². The monoisotopic (exact) mass is 362 g/mol. The highest BCUT2D eigenvalue weighted by atomic mass is 79.9. The number of benzene rings is 1. The average Bonchev–Trinajstić information content (AvgIpc) is 2.89. The Labute approximate surface area is 134 Å². The predicted octanol–water partition coefficient (Wildman–Crippen LogP) is 3.76. The molecule has 3 rings (SSSR count). The molecule has 0 amide bonds. The van der Waals surface area contributed by atoms with Gasteiger partial charge in [-0.2, -0.15) is 5.10 Å². The number of pyridine rings is 1. The summed E-state index contributed by atoms with van der Waals surface area (Å²) in [7, 11) is 1.63. The van der Waals surface area contributed by atoms with Gasteiger partial charge in [0.2, 0.25) is 0 Å². The van der Waals surface area contributed by atoms with Crippen molar-refractivity contribution < 1.29 is 4.74 Å². The minimum Gasteiger partial charge on any atom is -0.495 e. The first kappa shape index (κ1) is 14.0. The van der Waals surface area contributed by atoms with Gasteiger partial charge in [-0.1, -0.05) is 15.9 Å². The van der Waals surface area contributed by atoms with E-state index >= 15 is 0 Å². The number of hydrogen-bond acceptors (Lipinski definition) is 4. The normalized spacial score (nSPS) is 10.6. The zero-order chi connectivity index (χ0) is 14.8. The molecule has 5 nitrogen and oxygen atoms in total. The standard InChI is InChI=1S/C14H11BrN4OS/c1-20-12-3-2-10(15)8-11(12)19-13(17-18-14(19)21)9-4-6-16-7-5-9/h2-8H,1H3,(H,18,21). The SMILES string of the molecule is COc1ccc(Br)cc1-n1c(-c2ccncc2)n[nH]c1=S. The molecule has 0 saturated carbocycles. The predicted molar refractivity (Wildman–Crippen MR) is 86.2 cm³/mol. The Morgan fingerprint density at radius 3 is 2.71 bits per heavy atom. The average molecular weight is 363 g/mol. The molecule has 1 N–H and O–H groups in total. The summed E-state index contributed by atoms with van der Waals surface area (Å²) < 4.78 is 8.70. The topological polar surface area (TPSA) is 55.7 Å². The summed E-state index contributed by atoms with van der Waals surface area (Å²) in [6.45, 7) is 0. The summed E-state index contributed by atoms with van der Waals surface area (Å²) in [5.74, 6) is 1.42. The zero-order valence-electron chi connectivity index (χ0n) is 11.1. The highest BCUT2D eigenvalue weighted by molar-refractivity contribution is 9.10. The smallest absolute Gasteiger partial charge is 0.200 e. The molecule has 0 radical (unpaired) electrons. The first-order valence-electron chi connectivity index (χ1n) is 6.12. The third kappa shape index (κ3) is 2.62. The summed E-state index contributed by atoms with van der Waals surface area (Å²) >= 11 is 8.84. The van der Waals surface area contributed by atoms with Gasteiger partial charge in [-0.15, -0.1) is 0 Å². The maximum atomic E-state index is 5.43. The van der Waals surface area contributed by atoms with Gasteiger partial charge in [0.1, 0.15) is 5.75 Å². The first-order valence-corrected chi connectivity index (χ1v) is 7.32. The van der Waals surface area contributed by atoms with Crippen molar-refractivity contribution in [1.29, 1.82) is 0 Å². The zero-order valence-corrected chi connectivity index (χ0v) is 13.5. The molecule has 0 bridgehead atoms. The van der Waals surface area contributed by atoms with Crippen LogP contribution < -0.4 is 4.74 Å². The number of rotatable bonds is 3. The van der Waals surface area contributed by atoms with Crippen LogP contribution in [0.3, 0.4) is 0 Å². The summed E-state index contributed by atoms with van der Waals surface area (Å²) in [6.07, 6.45) is 3.44. The second-order valence-corrected chi connectivity index (χ2v) is 5.54. The van der Waals surface area contributed by atoms with E-state index in [1.165, 1.54) is 0 Å². The number of methoxy groups -OCH3 is 1. The maximum Gasteiger partial charge on any atom is 0.200 e. The second kappa shape index (κ2) is 5.79. The summed E-state index contributed by atoms with van der Waals surface area (Å²) in [5, 5.41) is 7.14. The molecule has 0 unspecified atom stereocenters. The lowest BCUT2D eigenvalue weighted by molar-refractivity contribution is 0.412. The van der Waals surface area contributed by atoms with E-state index in [-0.39, 0.29) is 0 Å². The van der Waals surface area contributed by atoms with Gasteiger partial charge in [-0.05, 0) is 42.5 Å². The van der Waals surface area contributed by atoms with E-state index in [4.69, 9.17) is 17.0 Å². The number of nitrogens with zero attached hydrogens (tertiary/aromatic N) is 3. The summed E-state index contributed by atoms with van der Waals surface area (Å²) in [5.41, 5.74) is 1.73. The van der Waals surface area contributed by atoms with Gasteiger partial charge < -0.3 is 4.74 Å². The lowest BCUT2D eigenvalue weighted by atomic mass is 10.2. The van der Waals surface area contributed by atoms with E-state index in [2.05, 4.69) is 31.1 Å². The molecular weight excluding hydrogens is 352 g/mol. The Bertz CT molecular complexity index is 828. The molecule has 0 aliphatic heterocycles. The molecule has 7 heteroatoms. The minimum atomic E-state index is 0.498. The second-order valence-electron chi connectivity index (χ2n) is 4.24. The number of halogens is 1. The number of H-pyrrole nitrogens is 1. The van der Waals surface area contributed by atoms with Crippen molar-refractivity contribution in [1.82, 2.24) is 19.7 Å². The molecule has 0 fully saturated rings. The van der Waals surface area contributed by atoms with Crippen LogP contribution in [0.5, 0.6) is 5.75 Å². The van der Waals surface area contributed by atoms with E-state index in [0.29, 0.717) is 16.3 Å². The number of aromatic amines is 1. The van der Waals surface area contributed by atoms with Crippen molar-refractivity contribution in [2.75, 3.05) is 7.11 Å². The minimum absolute atomic E-state index is 0.498. The van der Waals surface area contributed by atoms with Crippen molar-refractivity contribution in [2.45, 2.75) is 0 Å². The van der Waals surface area contributed by atoms with Crippen molar-refractivity contribution in [3.05, 3.63) is 52.0 Å². The van der Waals surface area contributed by atoms with Crippen molar-refractivity contribution in [3.8, 4) is 22.8 Å². The number of aromatic nitrogens is 4. The van der Waals surface area contributed by atoms with E-state index in [9.17, 15) is 0 Å². The van der Waals surface area contributed by atoms with Crippen LogP contribution in [0.25, 0.3) is 17.1 Å². The van der Waals surface area contributed by atoms with Crippen LogP contribution in [-0.4, -0.2) is 26.9 Å².